The Labute approximate surface area is 153 Å². The molecule has 2 heterocycles. The smallest absolute Gasteiger partial charge is 0.263 e. The summed E-state index contributed by atoms with van der Waals surface area (Å²) in [4.78, 5) is 0. The molecule has 5 nitrogen and oxygen atoms in total. The normalized spacial score (nSPS) is 11.6. The van der Waals surface area contributed by atoms with Crippen molar-refractivity contribution in [2.24, 2.45) is 0 Å². The molecule has 0 saturated heterocycles. The van der Waals surface area contributed by atoms with Crippen molar-refractivity contribution in [3.63, 3.8) is 0 Å². The van der Waals surface area contributed by atoms with Gasteiger partial charge in [0.25, 0.3) is 10.0 Å². The molecule has 0 unspecified atom stereocenters. The summed E-state index contributed by atoms with van der Waals surface area (Å²) in [6, 6.07) is 12.1. The molecule has 0 saturated carbocycles. The average Bonchev–Trinajstić information content (AvgIpc) is 3.08. The second-order valence-electron chi connectivity index (χ2n) is 5.12. The lowest BCUT2D eigenvalue weighted by atomic mass is 10.2. The predicted octanol–water partition coefficient (Wildman–Crippen LogP) is 4.41. The van der Waals surface area contributed by atoms with Gasteiger partial charge >= 0.3 is 0 Å². The van der Waals surface area contributed by atoms with Crippen LogP contribution < -0.4 is 4.72 Å². The molecule has 0 fully saturated rings. The fraction of sp³-hybridized carbons (Fsp3) is 0.133. The topological polar surface area (TPSA) is 64.0 Å². The summed E-state index contributed by atoms with van der Waals surface area (Å²) < 4.78 is 29.4. The summed E-state index contributed by atoms with van der Waals surface area (Å²) in [6.45, 7) is 2.39. The van der Waals surface area contributed by atoms with Gasteiger partial charge in [0.1, 0.15) is 4.21 Å². The quantitative estimate of drug-likeness (QED) is 0.688. The van der Waals surface area contributed by atoms with Gasteiger partial charge in [-0.2, -0.15) is 5.10 Å². The van der Waals surface area contributed by atoms with Crippen LogP contribution in [0.1, 0.15) is 11.3 Å². The monoisotopic (exact) mass is 401 g/mol. The highest BCUT2D eigenvalue weighted by Crippen LogP contribution is 2.27. The van der Waals surface area contributed by atoms with E-state index >= 15 is 0 Å². The number of nitrogens with zero attached hydrogens (tertiary/aromatic N) is 2. The van der Waals surface area contributed by atoms with Crippen LogP contribution >= 0.6 is 34.5 Å². The summed E-state index contributed by atoms with van der Waals surface area (Å²) in [5.74, 6) is 0.269. The van der Waals surface area contributed by atoms with Gasteiger partial charge < -0.3 is 0 Å². The zero-order valence-electron chi connectivity index (χ0n) is 12.5. The van der Waals surface area contributed by atoms with Crippen LogP contribution in [0.15, 0.2) is 46.7 Å². The third-order valence-corrected chi connectivity index (χ3v) is 6.61. The van der Waals surface area contributed by atoms with Crippen LogP contribution in [0.5, 0.6) is 0 Å². The molecule has 24 heavy (non-hydrogen) atoms. The molecule has 1 aromatic carbocycles. The molecule has 3 rings (SSSR count). The third-order valence-electron chi connectivity index (χ3n) is 3.28. The van der Waals surface area contributed by atoms with Crippen LogP contribution in [0.25, 0.3) is 0 Å². The number of anilines is 1. The molecule has 0 amide bonds. The molecule has 0 aliphatic rings. The second kappa shape index (κ2) is 6.76. The number of hydrogen-bond acceptors (Lipinski definition) is 4. The summed E-state index contributed by atoms with van der Waals surface area (Å²) in [5, 5.41) is 4.98. The van der Waals surface area contributed by atoms with Crippen molar-refractivity contribution in [2.75, 3.05) is 4.72 Å². The number of halogens is 2. The number of nitrogens with one attached hydrogen (secondary N) is 1. The van der Waals surface area contributed by atoms with Crippen LogP contribution in [0.4, 0.5) is 5.82 Å². The van der Waals surface area contributed by atoms with E-state index in [-0.39, 0.29) is 10.0 Å². The molecule has 1 N–H and O–H groups in total. The van der Waals surface area contributed by atoms with Crippen molar-refractivity contribution in [1.29, 1.82) is 0 Å². The fourth-order valence-corrected chi connectivity index (χ4v) is 4.71. The lowest BCUT2D eigenvalue weighted by Crippen LogP contribution is -2.12. The van der Waals surface area contributed by atoms with E-state index < -0.39 is 10.0 Å². The third kappa shape index (κ3) is 3.92. The highest BCUT2D eigenvalue weighted by molar-refractivity contribution is 7.94. The van der Waals surface area contributed by atoms with Crippen molar-refractivity contribution >= 4 is 50.4 Å². The van der Waals surface area contributed by atoms with Gasteiger partial charge in [0.15, 0.2) is 5.82 Å². The van der Waals surface area contributed by atoms with Gasteiger partial charge in [-0.25, -0.2) is 8.42 Å². The van der Waals surface area contributed by atoms with E-state index in [1.807, 2.05) is 19.1 Å². The van der Waals surface area contributed by atoms with Crippen molar-refractivity contribution in [3.8, 4) is 0 Å². The van der Waals surface area contributed by atoms with Gasteiger partial charge in [0.05, 0.1) is 10.9 Å². The summed E-state index contributed by atoms with van der Waals surface area (Å²) in [5.41, 5.74) is 1.86. The minimum absolute atomic E-state index is 0.150. The Balaban J connectivity index is 1.80. The first-order valence-corrected chi connectivity index (χ1v) is 9.96. The Morgan fingerprint density at radius 1 is 1.17 bits per heavy atom. The zero-order chi connectivity index (χ0) is 17.3. The van der Waals surface area contributed by atoms with Gasteiger partial charge in [-0.3, -0.25) is 9.40 Å². The Morgan fingerprint density at radius 2 is 1.88 bits per heavy atom. The number of thiophene rings is 1. The first kappa shape index (κ1) is 17.3. The van der Waals surface area contributed by atoms with Gasteiger partial charge in [0.2, 0.25) is 0 Å². The van der Waals surface area contributed by atoms with Crippen molar-refractivity contribution in [1.82, 2.24) is 9.78 Å². The molecule has 126 valence electrons. The van der Waals surface area contributed by atoms with Crippen LogP contribution in [0, 0.1) is 6.92 Å². The lowest BCUT2D eigenvalue weighted by Gasteiger charge is -2.05. The van der Waals surface area contributed by atoms with Crippen molar-refractivity contribution < 1.29 is 8.42 Å². The molecular formula is C15H13Cl2N3O2S2. The number of sulfonamides is 1. The van der Waals surface area contributed by atoms with Crippen LogP contribution in [0.2, 0.25) is 9.36 Å². The molecule has 0 spiro atoms. The van der Waals surface area contributed by atoms with Gasteiger partial charge in [-0.1, -0.05) is 35.3 Å². The molecule has 0 radical (unpaired) electrons. The number of aryl methyl sites for hydroxylation is 1. The fourth-order valence-electron chi connectivity index (χ4n) is 2.11. The highest BCUT2D eigenvalue weighted by atomic mass is 35.5. The molecule has 3 aromatic rings. The molecule has 2 aromatic heterocycles. The number of hydrogen-bond donors (Lipinski definition) is 1. The minimum Gasteiger partial charge on any atom is -0.263 e. The standard InChI is InChI=1S/C15H13Cl2N3O2S2/c1-10-8-14(19-24(21,22)15-7-6-13(17)23-15)18-20(10)9-11-2-4-12(16)5-3-11/h2-8H,9H2,1H3,(H,18,19). The van der Waals surface area contributed by atoms with E-state index in [0.29, 0.717) is 15.9 Å². The van der Waals surface area contributed by atoms with E-state index in [1.165, 1.54) is 6.07 Å². The van der Waals surface area contributed by atoms with Crippen molar-refractivity contribution in [3.05, 3.63) is 63.1 Å². The maximum Gasteiger partial charge on any atom is 0.272 e. The van der Waals surface area contributed by atoms with Gasteiger partial charge in [-0.05, 0) is 36.8 Å². The highest BCUT2D eigenvalue weighted by Gasteiger charge is 2.18. The lowest BCUT2D eigenvalue weighted by molar-refractivity contribution is 0.602. The van der Waals surface area contributed by atoms with Gasteiger partial charge in [0, 0.05) is 16.8 Å². The first-order valence-electron chi connectivity index (χ1n) is 6.90. The molecule has 0 aliphatic carbocycles. The Kier molecular flexibility index (Phi) is 4.87. The van der Waals surface area contributed by atoms with Gasteiger partial charge in [-0.15, -0.1) is 11.3 Å². The molecule has 0 aliphatic heterocycles. The summed E-state index contributed by atoms with van der Waals surface area (Å²) in [7, 11) is -3.68. The number of aromatic nitrogens is 2. The van der Waals surface area contributed by atoms with E-state index in [1.54, 1.807) is 28.9 Å². The Bertz CT molecular complexity index is 963. The van der Waals surface area contributed by atoms with E-state index in [4.69, 9.17) is 23.2 Å². The average molecular weight is 402 g/mol. The molecular weight excluding hydrogens is 389 g/mol. The molecule has 9 heteroatoms. The molecule has 0 bridgehead atoms. The predicted molar refractivity (Wildman–Crippen MR) is 97.7 cm³/mol. The summed E-state index contributed by atoms with van der Waals surface area (Å²) in [6.07, 6.45) is 0. The van der Waals surface area contributed by atoms with E-state index in [2.05, 4.69) is 9.82 Å². The molecule has 0 atom stereocenters. The number of rotatable bonds is 5. The van der Waals surface area contributed by atoms with Crippen LogP contribution in [-0.2, 0) is 16.6 Å². The summed E-state index contributed by atoms with van der Waals surface area (Å²) >= 11 is 12.7. The zero-order valence-corrected chi connectivity index (χ0v) is 15.7. The first-order chi connectivity index (χ1) is 11.3. The van der Waals surface area contributed by atoms with E-state index in [0.717, 1.165) is 22.6 Å². The second-order valence-corrected chi connectivity index (χ2v) is 9.18. The maximum absolute atomic E-state index is 12.3. The maximum atomic E-state index is 12.3. The van der Waals surface area contributed by atoms with Crippen LogP contribution in [0.3, 0.4) is 0 Å². The Hall–Kier alpha value is -1.54. The van der Waals surface area contributed by atoms with E-state index in [9.17, 15) is 8.42 Å². The number of benzene rings is 1. The van der Waals surface area contributed by atoms with Crippen LogP contribution in [-0.4, -0.2) is 18.2 Å². The van der Waals surface area contributed by atoms with Crippen molar-refractivity contribution in [2.45, 2.75) is 17.7 Å². The minimum atomic E-state index is -3.68. The Morgan fingerprint density at radius 3 is 2.50 bits per heavy atom. The SMILES string of the molecule is Cc1cc(NS(=O)(=O)c2ccc(Cl)s2)nn1Cc1ccc(Cl)cc1. The largest absolute Gasteiger partial charge is 0.272 e.